The maximum Gasteiger partial charge on any atom is 0.268 e. The van der Waals surface area contributed by atoms with E-state index in [1.165, 1.54) is 11.1 Å². The summed E-state index contributed by atoms with van der Waals surface area (Å²) < 4.78 is 0. The molecule has 0 spiro atoms. The van der Waals surface area contributed by atoms with Gasteiger partial charge in [-0.15, -0.1) is 0 Å². The highest BCUT2D eigenvalue weighted by Crippen LogP contribution is 2.36. The summed E-state index contributed by atoms with van der Waals surface area (Å²) in [6.07, 6.45) is 4.44. The van der Waals surface area contributed by atoms with Gasteiger partial charge in [0, 0.05) is 36.5 Å². The Balaban J connectivity index is 1.50. The lowest BCUT2D eigenvalue weighted by Crippen LogP contribution is -2.44. The molecule has 2 amide bonds. The van der Waals surface area contributed by atoms with Gasteiger partial charge in [0.15, 0.2) is 5.78 Å². The van der Waals surface area contributed by atoms with Gasteiger partial charge in [-0.2, -0.15) is 0 Å². The maximum atomic E-state index is 13.3. The zero-order chi connectivity index (χ0) is 25.3. The molecule has 1 atom stereocenters. The molecule has 0 fully saturated rings. The van der Waals surface area contributed by atoms with Gasteiger partial charge >= 0.3 is 0 Å². The van der Waals surface area contributed by atoms with E-state index >= 15 is 0 Å². The predicted molar refractivity (Wildman–Crippen MR) is 138 cm³/mol. The molecular formula is C28H38N4O3. The largest absolute Gasteiger partial charge is 0.354 e. The van der Waals surface area contributed by atoms with Gasteiger partial charge in [-0.1, -0.05) is 39.7 Å². The van der Waals surface area contributed by atoms with E-state index in [0.717, 1.165) is 50.2 Å². The number of nitrogens with zero attached hydrogens (tertiary/aromatic N) is 1. The summed E-state index contributed by atoms with van der Waals surface area (Å²) in [5, 5.41) is 5.96. The van der Waals surface area contributed by atoms with Crippen molar-refractivity contribution in [2.45, 2.75) is 78.8 Å². The van der Waals surface area contributed by atoms with Crippen molar-refractivity contribution < 1.29 is 14.4 Å². The Bertz CT molecular complexity index is 1150. The molecule has 0 bridgehead atoms. The fraction of sp³-hybridized carbons (Fsp3) is 0.536. The summed E-state index contributed by atoms with van der Waals surface area (Å²) in [7, 11) is 2.11. The summed E-state index contributed by atoms with van der Waals surface area (Å²) in [6, 6.07) is 5.41. The van der Waals surface area contributed by atoms with Gasteiger partial charge in [-0.05, 0) is 67.5 Å². The summed E-state index contributed by atoms with van der Waals surface area (Å²) in [5.41, 5.74) is 5.69. The number of carbonyl (C=O) groups is 3. The van der Waals surface area contributed by atoms with Crippen molar-refractivity contribution in [3.63, 3.8) is 0 Å². The van der Waals surface area contributed by atoms with Crippen LogP contribution in [0.4, 0.5) is 5.69 Å². The first-order valence-corrected chi connectivity index (χ1v) is 12.7. The lowest BCUT2D eigenvalue weighted by atomic mass is 9.75. The third kappa shape index (κ3) is 5.50. The second kappa shape index (κ2) is 9.97. The monoisotopic (exact) mass is 478 g/mol. The van der Waals surface area contributed by atoms with Crippen LogP contribution in [0.1, 0.15) is 89.7 Å². The van der Waals surface area contributed by atoms with Crippen LogP contribution in [0.2, 0.25) is 0 Å². The number of nitrogens with one attached hydrogen (secondary N) is 3. The van der Waals surface area contributed by atoms with Crippen LogP contribution in [0.3, 0.4) is 0 Å². The molecule has 7 nitrogen and oxygen atoms in total. The van der Waals surface area contributed by atoms with Crippen molar-refractivity contribution >= 4 is 23.3 Å². The van der Waals surface area contributed by atoms with Crippen molar-refractivity contribution in [2.75, 3.05) is 18.9 Å². The summed E-state index contributed by atoms with van der Waals surface area (Å²) >= 11 is 0. The number of amides is 2. The number of benzene rings is 1. The second-order valence-electron chi connectivity index (χ2n) is 11.0. The molecule has 188 valence electrons. The fourth-order valence-corrected chi connectivity index (χ4v) is 5.37. The number of aromatic nitrogens is 1. The smallest absolute Gasteiger partial charge is 0.268 e. The standard InChI is InChI=1S/C28H38N4O3/c1-6-7-8-21(26(34)29-20-10-9-19-16-32(5)12-11-18(19)13-20)31-27(35)25-17(2)24-22(30-25)14-28(3,4)15-23(24)33/h9-10,13,21,30H,6-8,11-12,14-16H2,1-5H3,(H,29,34)(H,31,35). The van der Waals surface area contributed by atoms with Crippen molar-refractivity contribution in [2.24, 2.45) is 5.41 Å². The normalized spacial score (nSPS) is 17.9. The third-order valence-corrected chi connectivity index (χ3v) is 7.27. The average Bonchev–Trinajstić information content (AvgIpc) is 3.11. The number of rotatable bonds is 7. The molecule has 3 N–H and O–H groups in total. The van der Waals surface area contributed by atoms with Crippen molar-refractivity contribution in [1.82, 2.24) is 15.2 Å². The summed E-state index contributed by atoms with van der Waals surface area (Å²) in [6.45, 7) is 9.91. The Morgan fingerprint density at radius 3 is 2.71 bits per heavy atom. The van der Waals surface area contributed by atoms with E-state index in [2.05, 4.69) is 60.5 Å². The first-order valence-electron chi connectivity index (χ1n) is 12.7. The topological polar surface area (TPSA) is 94.3 Å². The van der Waals surface area contributed by atoms with E-state index in [0.29, 0.717) is 29.7 Å². The molecular weight excluding hydrogens is 440 g/mol. The number of fused-ring (bicyclic) bond motifs is 2. The summed E-state index contributed by atoms with van der Waals surface area (Å²) in [5.74, 6) is -0.485. The van der Waals surface area contributed by atoms with E-state index in [-0.39, 0.29) is 23.0 Å². The highest BCUT2D eigenvalue weighted by atomic mass is 16.2. The number of hydrogen-bond acceptors (Lipinski definition) is 4. The minimum atomic E-state index is -0.656. The van der Waals surface area contributed by atoms with Crippen LogP contribution >= 0.6 is 0 Å². The van der Waals surface area contributed by atoms with E-state index in [4.69, 9.17) is 0 Å². The number of carbonyl (C=O) groups excluding carboxylic acids is 3. The minimum Gasteiger partial charge on any atom is -0.354 e. The van der Waals surface area contributed by atoms with Gasteiger partial charge < -0.3 is 20.5 Å². The molecule has 1 aromatic heterocycles. The maximum absolute atomic E-state index is 13.3. The van der Waals surface area contributed by atoms with Crippen molar-refractivity contribution in [3.8, 4) is 0 Å². The van der Waals surface area contributed by atoms with Crippen LogP contribution in [0.5, 0.6) is 0 Å². The molecule has 4 rings (SSSR count). The van der Waals surface area contributed by atoms with Crippen LogP contribution in [-0.2, 0) is 24.2 Å². The highest BCUT2D eigenvalue weighted by molar-refractivity contribution is 6.06. The third-order valence-electron chi connectivity index (χ3n) is 7.27. The first-order chi connectivity index (χ1) is 16.6. The lowest BCUT2D eigenvalue weighted by Gasteiger charge is -2.28. The molecule has 0 saturated carbocycles. The van der Waals surface area contributed by atoms with Gasteiger partial charge in [0.1, 0.15) is 11.7 Å². The van der Waals surface area contributed by atoms with Gasteiger partial charge in [-0.3, -0.25) is 14.4 Å². The van der Waals surface area contributed by atoms with E-state index in [9.17, 15) is 14.4 Å². The Kier molecular flexibility index (Phi) is 7.17. The Hall–Kier alpha value is -2.93. The van der Waals surface area contributed by atoms with Crippen LogP contribution in [0.15, 0.2) is 18.2 Å². The van der Waals surface area contributed by atoms with E-state index < -0.39 is 6.04 Å². The quantitative estimate of drug-likeness (QED) is 0.550. The van der Waals surface area contributed by atoms with Crippen molar-refractivity contribution in [3.05, 3.63) is 51.8 Å². The molecule has 1 aliphatic carbocycles. The number of Topliss-reactive ketones (excluding diaryl/α,β-unsaturated/α-hetero) is 1. The fourth-order valence-electron chi connectivity index (χ4n) is 5.37. The van der Waals surface area contributed by atoms with Crippen LogP contribution in [0.25, 0.3) is 0 Å². The molecule has 2 aromatic rings. The minimum absolute atomic E-state index is 0.0722. The number of hydrogen-bond donors (Lipinski definition) is 3. The second-order valence-corrected chi connectivity index (χ2v) is 11.0. The number of anilines is 1. The van der Waals surface area contributed by atoms with E-state index in [1.807, 2.05) is 13.0 Å². The molecule has 2 aliphatic rings. The molecule has 0 radical (unpaired) electrons. The molecule has 0 saturated heterocycles. The Morgan fingerprint density at radius 2 is 1.97 bits per heavy atom. The number of ketones is 1. The number of aromatic amines is 1. The zero-order valence-corrected chi connectivity index (χ0v) is 21.6. The zero-order valence-electron chi connectivity index (χ0n) is 21.6. The van der Waals surface area contributed by atoms with Gasteiger partial charge in [0.05, 0.1) is 0 Å². The first kappa shape index (κ1) is 25.2. The average molecular weight is 479 g/mol. The molecule has 35 heavy (non-hydrogen) atoms. The number of unbranched alkanes of at least 4 members (excludes halogenated alkanes) is 1. The summed E-state index contributed by atoms with van der Waals surface area (Å²) in [4.78, 5) is 44.7. The predicted octanol–water partition coefficient (Wildman–Crippen LogP) is 4.39. The number of likely N-dealkylation sites (N-methyl/N-ethyl adjacent to an activating group) is 1. The van der Waals surface area contributed by atoms with Crippen LogP contribution < -0.4 is 10.6 Å². The SMILES string of the molecule is CCCCC(NC(=O)c1[nH]c2c(c1C)C(=O)CC(C)(C)C2)C(=O)Nc1ccc2c(c1)CCN(C)C2. The highest BCUT2D eigenvalue weighted by Gasteiger charge is 2.35. The van der Waals surface area contributed by atoms with E-state index in [1.54, 1.807) is 0 Å². The van der Waals surface area contributed by atoms with Crippen LogP contribution in [-0.4, -0.2) is 47.1 Å². The van der Waals surface area contributed by atoms with Gasteiger partial charge in [-0.25, -0.2) is 0 Å². The van der Waals surface area contributed by atoms with Gasteiger partial charge in [0.25, 0.3) is 5.91 Å². The molecule has 7 heteroatoms. The van der Waals surface area contributed by atoms with Gasteiger partial charge in [0.2, 0.25) is 5.91 Å². The van der Waals surface area contributed by atoms with Crippen LogP contribution in [0, 0.1) is 12.3 Å². The Labute approximate surface area is 208 Å². The molecule has 1 aromatic carbocycles. The number of H-pyrrole nitrogens is 1. The molecule has 1 aliphatic heterocycles. The molecule has 2 heterocycles. The van der Waals surface area contributed by atoms with Crippen molar-refractivity contribution in [1.29, 1.82) is 0 Å². The Morgan fingerprint density at radius 1 is 1.20 bits per heavy atom. The molecule has 1 unspecified atom stereocenters. The lowest BCUT2D eigenvalue weighted by molar-refractivity contribution is -0.118.